The molecule has 0 aliphatic rings. The Labute approximate surface area is 160 Å². The number of carbonyl (C=O) groups is 1. The van der Waals surface area contributed by atoms with E-state index in [9.17, 15) is 9.59 Å². The maximum atomic E-state index is 12.8. The van der Waals surface area contributed by atoms with Gasteiger partial charge in [0.2, 0.25) is 5.91 Å². The van der Waals surface area contributed by atoms with Crippen LogP contribution in [-0.4, -0.2) is 19.9 Å². The van der Waals surface area contributed by atoms with Crippen molar-refractivity contribution in [2.45, 2.75) is 19.4 Å². The lowest BCUT2D eigenvalue weighted by molar-refractivity contribution is -0.116. The van der Waals surface area contributed by atoms with Gasteiger partial charge in [-0.2, -0.15) is 0 Å². The van der Waals surface area contributed by atoms with Gasteiger partial charge in [0.05, 0.1) is 16.2 Å². The third-order valence-corrected chi connectivity index (χ3v) is 4.76. The molecule has 0 aliphatic carbocycles. The third kappa shape index (κ3) is 3.31. The Morgan fingerprint density at radius 3 is 2.74 bits per heavy atom. The molecule has 4 rings (SSSR count). The number of aromatic nitrogens is 3. The zero-order chi connectivity index (χ0) is 18.8. The number of hydrogen-bond donors (Lipinski definition) is 1. The number of anilines is 1. The van der Waals surface area contributed by atoms with E-state index in [4.69, 9.17) is 11.6 Å². The van der Waals surface area contributed by atoms with Crippen molar-refractivity contribution in [1.29, 1.82) is 0 Å². The Morgan fingerprint density at radius 1 is 1.07 bits per heavy atom. The van der Waals surface area contributed by atoms with Crippen LogP contribution >= 0.6 is 11.6 Å². The normalized spacial score (nSPS) is 11.1. The smallest absolute Gasteiger partial charge is 0.276 e. The largest absolute Gasteiger partial charge is 0.325 e. The number of fused-ring (bicyclic) bond motifs is 3. The van der Waals surface area contributed by atoms with Crippen LogP contribution in [0.15, 0.2) is 65.7 Å². The highest BCUT2D eigenvalue weighted by atomic mass is 35.5. The molecule has 0 unspecified atom stereocenters. The molecule has 3 aromatic heterocycles. The SMILES string of the molecule is O=C(CCCn1c(=O)c2cccn2c2cccnc21)Nc1ccccc1Cl. The molecule has 136 valence electrons. The first-order valence-electron chi connectivity index (χ1n) is 8.64. The molecule has 0 bridgehead atoms. The quantitative estimate of drug-likeness (QED) is 0.573. The first-order valence-corrected chi connectivity index (χ1v) is 9.02. The van der Waals surface area contributed by atoms with Crippen LogP contribution in [-0.2, 0) is 11.3 Å². The van der Waals surface area contributed by atoms with E-state index in [2.05, 4.69) is 10.3 Å². The second kappa shape index (κ2) is 7.25. The van der Waals surface area contributed by atoms with E-state index >= 15 is 0 Å². The van der Waals surface area contributed by atoms with E-state index < -0.39 is 0 Å². The molecular formula is C20H17ClN4O2. The van der Waals surface area contributed by atoms with Crippen LogP contribution in [0.2, 0.25) is 5.02 Å². The lowest BCUT2D eigenvalue weighted by Crippen LogP contribution is -2.24. The maximum Gasteiger partial charge on any atom is 0.276 e. The number of carbonyl (C=O) groups excluding carboxylic acids is 1. The number of aryl methyl sites for hydroxylation is 1. The molecule has 0 spiro atoms. The van der Waals surface area contributed by atoms with Crippen molar-refractivity contribution in [2.24, 2.45) is 0 Å². The van der Waals surface area contributed by atoms with E-state index in [1.165, 1.54) is 0 Å². The second-order valence-electron chi connectivity index (χ2n) is 6.20. The summed E-state index contributed by atoms with van der Waals surface area (Å²) >= 11 is 6.06. The fourth-order valence-corrected chi connectivity index (χ4v) is 3.35. The molecule has 1 N–H and O–H groups in total. The summed E-state index contributed by atoms with van der Waals surface area (Å²) in [6, 6.07) is 14.5. The van der Waals surface area contributed by atoms with Gasteiger partial charge in [-0.05, 0) is 42.8 Å². The van der Waals surface area contributed by atoms with Crippen LogP contribution in [0.5, 0.6) is 0 Å². The Hall–Kier alpha value is -3.12. The number of halogens is 1. The molecule has 7 heteroatoms. The van der Waals surface area contributed by atoms with Crippen LogP contribution in [0.25, 0.3) is 16.7 Å². The molecule has 4 aromatic rings. The minimum atomic E-state index is -0.142. The van der Waals surface area contributed by atoms with E-state index in [0.717, 1.165) is 5.52 Å². The van der Waals surface area contributed by atoms with E-state index in [-0.39, 0.29) is 17.9 Å². The van der Waals surface area contributed by atoms with Crippen LogP contribution in [0.1, 0.15) is 12.8 Å². The number of hydrogen-bond acceptors (Lipinski definition) is 3. The predicted molar refractivity (Wildman–Crippen MR) is 106 cm³/mol. The maximum absolute atomic E-state index is 12.8. The van der Waals surface area contributed by atoms with Gasteiger partial charge < -0.3 is 9.72 Å². The first-order chi connectivity index (χ1) is 13.1. The summed E-state index contributed by atoms with van der Waals surface area (Å²) < 4.78 is 3.47. The minimum absolute atomic E-state index is 0.113. The van der Waals surface area contributed by atoms with Gasteiger partial charge in [0.15, 0.2) is 5.65 Å². The first kappa shape index (κ1) is 17.3. The lowest BCUT2D eigenvalue weighted by Gasteiger charge is -2.12. The highest BCUT2D eigenvalue weighted by Gasteiger charge is 2.12. The Morgan fingerprint density at radius 2 is 1.89 bits per heavy atom. The Kier molecular flexibility index (Phi) is 4.64. The van der Waals surface area contributed by atoms with Crippen LogP contribution in [0.3, 0.4) is 0 Å². The van der Waals surface area contributed by atoms with Gasteiger partial charge >= 0.3 is 0 Å². The number of nitrogens with zero attached hydrogens (tertiary/aromatic N) is 3. The molecular weight excluding hydrogens is 364 g/mol. The van der Waals surface area contributed by atoms with Crippen LogP contribution < -0.4 is 10.9 Å². The third-order valence-electron chi connectivity index (χ3n) is 4.43. The molecule has 0 saturated heterocycles. The van der Waals surface area contributed by atoms with Crippen molar-refractivity contribution in [3.8, 4) is 0 Å². The molecule has 0 atom stereocenters. The molecule has 1 aromatic carbocycles. The molecule has 3 heterocycles. The van der Waals surface area contributed by atoms with Gasteiger partial charge in [0.1, 0.15) is 5.52 Å². The number of benzene rings is 1. The average Bonchev–Trinajstić information content (AvgIpc) is 3.17. The summed E-state index contributed by atoms with van der Waals surface area (Å²) in [5.41, 5.74) is 2.53. The highest BCUT2D eigenvalue weighted by molar-refractivity contribution is 6.33. The molecule has 0 fully saturated rings. The van der Waals surface area contributed by atoms with Gasteiger partial charge in [-0.1, -0.05) is 23.7 Å². The topological polar surface area (TPSA) is 68.4 Å². The molecule has 0 saturated carbocycles. The number of para-hydroxylation sites is 1. The summed E-state index contributed by atoms with van der Waals surface area (Å²) in [6.45, 7) is 0.407. The fourth-order valence-electron chi connectivity index (χ4n) is 3.16. The molecule has 6 nitrogen and oxygen atoms in total. The summed E-state index contributed by atoms with van der Waals surface area (Å²) in [5, 5.41) is 3.29. The predicted octanol–water partition coefficient (Wildman–Crippen LogP) is 3.72. The van der Waals surface area contributed by atoms with Crippen molar-refractivity contribution >= 4 is 39.9 Å². The van der Waals surface area contributed by atoms with Crippen molar-refractivity contribution in [3.05, 3.63) is 76.3 Å². The summed E-state index contributed by atoms with van der Waals surface area (Å²) in [4.78, 5) is 29.4. The Balaban J connectivity index is 1.53. The highest BCUT2D eigenvalue weighted by Crippen LogP contribution is 2.20. The molecule has 1 amide bonds. The van der Waals surface area contributed by atoms with Crippen molar-refractivity contribution in [1.82, 2.24) is 14.0 Å². The minimum Gasteiger partial charge on any atom is -0.325 e. The molecule has 27 heavy (non-hydrogen) atoms. The summed E-state index contributed by atoms with van der Waals surface area (Å²) in [7, 11) is 0. The van der Waals surface area contributed by atoms with Gasteiger partial charge in [-0.15, -0.1) is 0 Å². The number of pyridine rings is 1. The summed E-state index contributed by atoms with van der Waals surface area (Å²) in [6.07, 6.45) is 4.30. The van der Waals surface area contributed by atoms with E-state index in [0.29, 0.717) is 34.8 Å². The van der Waals surface area contributed by atoms with Gasteiger partial charge in [-0.3, -0.25) is 14.2 Å². The van der Waals surface area contributed by atoms with Crippen LogP contribution in [0.4, 0.5) is 5.69 Å². The van der Waals surface area contributed by atoms with E-state index in [1.807, 2.05) is 34.9 Å². The average molecular weight is 381 g/mol. The Bertz CT molecular complexity index is 1200. The van der Waals surface area contributed by atoms with Crippen molar-refractivity contribution < 1.29 is 4.79 Å². The van der Waals surface area contributed by atoms with Crippen molar-refractivity contribution in [3.63, 3.8) is 0 Å². The molecule has 0 radical (unpaired) electrons. The number of nitrogens with one attached hydrogen (secondary N) is 1. The second-order valence-corrected chi connectivity index (χ2v) is 6.61. The van der Waals surface area contributed by atoms with E-state index in [1.54, 1.807) is 35.0 Å². The summed E-state index contributed by atoms with van der Waals surface area (Å²) in [5.74, 6) is -0.142. The van der Waals surface area contributed by atoms with Gasteiger partial charge in [0, 0.05) is 25.4 Å². The van der Waals surface area contributed by atoms with Crippen molar-refractivity contribution in [2.75, 3.05) is 5.32 Å². The number of rotatable bonds is 5. The zero-order valence-electron chi connectivity index (χ0n) is 14.4. The number of amides is 1. The molecule has 0 aliphatic heterocycles. The standard InChI is InChI=1S/C20H17ClN4O2/c21-14-6-1-2-7-15(14)23-18(26)10-5-13-25-19-16(8-3-11-22-19)24-12-4-9-17(24)20(25)27/h1-4,6-9,11-12H,5,10,13H2,(H,23,26). The van der Waals surface area contributed by atoms with Gasteiger partial charge in [-0.25, -0.2) is 4.98 Å². The zero-order valence-corrected chi connectivity index (χ0v) is 15.2. The fraction of sp³-hybridized carbons (Fsp3) is 0.150. The van der Waals surface area contributed by atoms with Crippen LogP contribution in [0, 0.1) is 0 Å². The lowest BCUT2D eigenvalue weighted by atomic mass is 10.2. The van der Waals surface area contributed by atoms with Gasteiger partial charge in [0.25, 0.3) is 5.56 Å². The monoisotopic (exact) mass is 380 g/mol.